The Hall–Kier alpha value is -1.07. The highest BCUT2D eigenvalue weighted by Gasteiger charge is 2.20. The Kier molecular flexibility index (Phi) is 4.39. The predicted molar refractivity (Wildman–Crippen MR) is 68.2 cm³/mol. The second-order valence-electron chi connectivity index (χ2n) is 4.10. The summed E-state index contributed by atoms with van der Waals surface area (Å²) in [7, 11) is 0. The lowest BCUT2D eigenvalue weighted by Crippen LogP contribution is -2.44. The average molecular weight is 254 g/mol. The third-order valence-electron chi connectivity index (χ3n) is 2.85. The van der Waals surface area contributed by atoms with E-state index in [9.17, 15) is 4.79 Å². The quantitative estimate of drug-likeness (QED) is 0.893. The first-order chi connectivity index (χ1) is 8.29. The van der Waals surface area contributed by atoms with Crippen molar-refractivity contribution < 1.29 is 9.53 Å². The van der Waals surface area contributed by atoms with E-state index in [0.29, 0.717) is 13.2 Å². The average Bonchev–Trinajstić information content (AvgIpc) is 2.97. The molecule has 0 bridgehead atoms. The fourth-order valence-corrected chi connectivity index (χ4v) is 2.55. The van der Waals surface area contributed by atoms with Crippen molar-refractivity contribution in [2.45, 2.75) is 25.9 Å². The Morgan fingerprint density at radius 1 is 1.71 bits per heavy atom. The van der Waals surface area contributed by atoms with Crippen molar-refractivity contribution in [2.75, 3.05) is 19.8 Å². The van der Waals surface area contributed by atoms with E-state index in [-0.39, 0.29) is 12.1 Å². The Balaban J connectivity index is 1.86. The van der Waals surface area contributed by atoms with Crippen LogP contribution in [0, 0.1) is 0 Å². The monoisotopic (exact) mass is 254 g/mol. The van der Waals surface area contributed by atoms with E-state index in [0.717, 1.165) is 19.6 Å². The zero-order valence-electron chi connectivity index (χ0n) is 10.0. The molecule has 1 aromatic rings. The standard InChI is InChI=1S/C12H18N2O2S/c1-2-14(8-11-4-3-7-17-11)12(15)13-10-5-6-16-9-10/h3-4,7,10H,2,5-6,8-9H2,1H3,(H,13,15). The van der Waals surface area contributed by atoms with Crippen molar-refractivity contribution in [2.24, 2.45) is 0 Å². The highest BCUT2D eigenvalue weighted by atomic mass is 32.1. The van der Waals surface area contributed by atoms with Gasteiger partial charge in [-0.1, -0.05) is 6.07 Å². The van der Waals surface area contributed by atoms with Crippen LogP contribution in [-0.2, 0) is 11.3 Å². The minimum atomic E-state index is 0.0106. The summed E-state index contributed by atoms with van der Waals surface area (Å²) in [6, 6.07) is 4.26. The molecule has 0 aromatic carbocycles. The van der Waals surface area contributed by atoms with Gasteiger partial charge in [-0.3, -0.25) is 0 Å². The molecule has 0 aliphatic carbocycles. The van der Waals surface area contributed by atoms with Gasteiger partial charge in [0.2, 0.25) is 0 Å². The molecule has 0 radical (unpaired) electrons. The van der Waals surface area contributed by atoms with E-state index in [1.165, 1.54) is 4.88 Å². The van der Waals surface area contributed by atoms with Crippen molar-refractivity contribution in [3.05, 3.63) is 22.4 Å². The van der Waals surface area contributed by atoms with E-state index in [1.54, 1.807) is 11.3 Å². The van der Waals surface area contributed by atoms with Crippen molar-refractivity contribution in [3.63, 3.8) is 0 Å². The first-order valence-corrected chi connectivity index (χ1v) is 6.83. The van der Waals surface area contributed by atoms with Crippen LogP contribution in [0.25, 0.3) is 0 Å². The van der Waals surface area contributed by atoms with Crippen LogP contribution in [0.1, 0.15) is 18.2 Å². The summed E-state index contributed by atoms with van der Waals surface area (Å²) in [5.41, 5.74) is 0. The van der Waals surface area contributed by atoms with Gasteiger partial charge in [-0.2, -0.15) is 0 Å². The number of ether oxygens (including phenoxy) is 1. The normalized spacial score (nSPS) is 19.2. The summed E-state index contributed by atoms with van der Waals surface area (Å²) >= 11 is 1.68. The lowest BCUT2D eigenvalue weighted by molar-refractivity contribution is 0.178. The molecule has 1 fully saturated rings. The van der Waals surface area contributed by atoms with Crippen LogP contribution in [0.2, 0.25) is 0 Å². The van der Waals surface area contributed by atoms with Crippen LogP contribution in [0.15, 0.2) is 17.5 Å². The fraction of sp³-hybridized carbons (Fsp3) is 0.583. The van der Waals surface area contributed by atoms with Crippen LogP contribution >= 0.6 is 11.3 Å². The number of hydrogen-bond acceptors (Lipinski definition) is 3. The first kappa shape index (κ1) is 12.4. The largest absolute Gasteiger partial charge is 0.379 e. The van der Waals surface area contributed by atoms with E-state index >= 15 is 0 Å². The zero-order chi connectivity index (χ0) is 12.1. The molecule has 0 saturated carbocycles. The summed E-state index contributed by atoms with van der Waals surface area (Å²) in [5, 5.41) is 5.04. The summed E-state index contributed by atoms with van der Waals surface area (Å²) < 4.78 is 5.25. The Morgan fingerprint density at radius 3 is 3.18 bits per heavy atom. The SMILES string of the molecule is CCN(Cc1cccs1)C(=O)NC1CCOC1. The highest BCUT2D eigenvalue weighted by Crippen LogP contribution is 2.12. The van der Waals surface area contributed by atoms with Gasteiger partial charge >= 0.3 is 6.03 Å². The number of carbonyl (C=O) groups excluding carboxylic acids is 1. The predicted octanol–water partition coefficient (Wildman–Crippen LogP) is 2.07. The smallest absolute Gasteiger partial charge is 0.318 e. The molecule has 1 unspecified atom stereocenters. The van der Waals surface area contributed by atoms with Gasteiger partial charge in [0.1, 0.15) is 0 Å². The molecule has 0 spiro atoms. The molecule has 1 saturated heterocycles. The zero-order valence-corrected chi connectivity index (χ0v) is 10.8. The fourth-order valence-electron chi connectivity index (χ4n) is 1.83. The van der Waals surface area contributed by atoms with E-state index < -0.39 is 0 Å². The van der Waals surface area contributed by atoms with Crippen LogP contribution in [0.4, 0.5) is 4.79 Å². The van der Waals surface area contributed by atoms with Gasteiger partial charge in [0.25, 0.3) is 0 Å². The van der Waals surface area contributed by atoms with Crippen molar-refractivity contribution in [1.82, 2.24) is 10.2 Å². The van der Waals surface area contributed by atoms with Gasteiger partial charge in [0.05, 0.1) is 19.2 Å². The van der Waals surface area contributed by atoms with Crippen LogP contribution in [0.5, 0.6) is 0 Å². The second-order valence-corrected chi connectivity index (χ2v) is 5.14. The molecule has 1 aliphatic rings. The molecular formula is C12H18N2O2S. The van der Waals surface area contributed by atoms with Crippen LogP contribution in [0.3, 0.4) is 0 Å². The highest BCUT2D eigenvalue weighted by molar-refractivity contribution is 7.09. The lowest BCUT2D eigenvalue weighted by atomic mass is 10.3. The number of urea groups is 1. The van der Waals surface area contributed by atoms with Gasteiger partial charge in [-0.05, 0) is 24.8 Å². The molecule has 1 atom stereocenters. The minimum absolute atomic E-state index is 0.0106. The minimum Gasteiger partial charge on any atom is -0.379 e. The second kappa shape index (κ2) is 6.02. The molecule has 2 heterocycles. The Morgan fingerprint density at radius 2 is 2.59 bits per heavy atom. The van der Waals surface area contributed by atoms with Gasteiger partial charge in [0, 0.05) is 18.0 Å². The van der Waals surface area contributed by atoms with Gasteiger partial charge < -0.3 is 15.0 Å². The summed E-state index contributed by atoms with van der Waals surface area (Å²) in [5.74, 6) is 0. The number of thiophene rings is 1. The summed E-state index contributed by atoms with van der Waals surface area (Å²) in [6.07, 6.45) is 0.919. The lowest BCUT2D eigenvalue weighted by Gasteiger charge is -2.22. The van der Waals surface area contributed by atoms with E-state index in [1.807, 2.05) is 23.3 Å². The number of nitrogens with zero attached hydrogens (tertiary/aromatic N) is 1. The molecule has 2 rings (SSSR count). The van der Waals surface area contributed by atoms with Crippen LogP contribution in [-0.4, -0.2) is 36.7 Å². The van der Waals surface area contributed by atoms with E-state index in [2.05, 4.69) is 11.4 Å². The molecule has 1 N–H and O–H groups in total. The molecule has 2 amide bonds. The number of amides is 2. The van der Waals surface area contributed by atoms with Gasteiger partial charge in [-0.25, -0.2) is 4.79 Å². The summed E-state index contributed by atoms with van der Waals surface area (Å²) in [4.78, 5) is 15.1. The van der Waals surface area contributed by atoms with Gasteiger partial charge in [-0.15, -0.1) is 11.3 Å². The van der Waals surface area contributed by atoms with E-state index in [4.69, 9.17) is 4.74 Å². The maximum Gasteiger partial charge on any atom is 0.318 e. The van der Waals surface area contributed by atoms with Crippen molar-refractivity contribution in [1.29, 1.82) is 0 Å². The molecule has 4 nitrogen and oxygen atoms in total. The Bertz CT molecular complexity index is 347. The third kappa shape index (κ3) is 3.44. The molecule has 1 aliphatic heterocycles. The van der Waals surface area contributed by atoms with Gasteiger partial charge in [0.15, 0.2) is 0 Å². The Labute approximate surface area is 106 Å². The maximum atomic E-state index is 12.0. The number of nitrogens with one attached hydrogen (secondary N) is 1. The number of hydrogen-bond donors (Lipinski definition) is 1. The molecular weight excluding hydrogens is 236 g/mol. The third-order valence-corrected chi connectivity index (χ3v) is 3.71. The topological polar surface area (TPSA) is 41.6 Å². The van der Waals surface area contributed by atoms with Crippen molar-refractivity contribution >= 4 is 17.4 Å². The molecule has 17 heavy (non-hydrogen) atoms. The number of rotatable bonds is 4. The molecule has 94 valence electrons. The van der Waals surface area contributed by atoms with Crippen molar-refractivity contribution in [3.8, 4) is 0 Å². The maximum absolute atomic E-state index is 12.0. The first-order valence-electron chi connectivity index (χ1n) is 5.95. The summed E-state index contributed by atoms with van der Waals surface area (Å²) in [6.45, 7) is 4.80. The number of carbonyl (C=O) groups is 1. The molecule has 5 heteroatoms. The molecule has 1 aromatic heterocycles. The van der Waals surface area contributed by atoms with Crippen LogP contribution < -0.4 is 5.32 Å².